The number of ether oxygens (including phenoxy) is 1. The van der Waals surface area contributed by atoms with E-state index >= 15 is 4.39 Å². The summed E-state index contributed by atoms with van der Waals surface area (Å²) in [6, 6.07) is 0. The Morgan fingerprint density at radius 3 is 2.63 bits per heavy atom. The zero-order chi connectivity index (χ0) is 25.4. The largest absolute Gasteiger partial charge is 0.379 e. The first-order valence-electron chi connectivity index (χ1n) is 12.0. The van der Waals surface area contributed by atoms with Crippen molar-refractivity contribution < 1.29 is 23.9 Å². The van der Waals surface area contributed by atoms with Crippen LogP contribution >= 0.6 is 11.6 Å². The molecule has 196 valence electrons. The van der Waals surface area contributed by atoms with Gasteiger partial charge in [0.05, 0.1) is 25.7 Å². The molecule has 1 saturated heterocycles. The molecule has 0 aromatic carbocycles. The number of carbonyl (C=O) groups excluding carboxylic acids is 2. The lowest BCUT2D eigenvalue weighted by atomic mass is 9.92. The second-order valence-electron chi connectivity index (χ2n) is 9.69. The van der Waals surface area contributed by atoms with Crippen LogP contribution in [0.3, 0.4) is 0 Å². The van der Waals surface area contributed by atoms with E-state index in [1.165, 1.54) is 0 Å². The highest BCUT2D eigenvalue weighted by Gasteiger charge is 2.30. The Morgan fingerprint density at radius 1 is 1.31 bits per heavy atom. The maximum absolute atomic E-state index is 15.1. The predicted octanol–water partition coefficient (Wildman–Crippen LogP) is 2.28. The van der Waals surface area contributed by atoms with Gasteiger partial charge in [0.1, 0.15) is 0 Å². The molecule has 0 radical (unpaired) electrons. The van der Waals surface area contributed by atoms with Crippen molar-refractivity contribution in [3.63, 3.8) is 0 Å². The third-order valence-corrected chi connectivity index (χ3v) is 6.85. The summed E-state index contributed by atoms with van der Waals surface area (Å²) < 4.78 is 20.5. The van der Waals surface area contributed by atoms with E-state index in [1.54, 1.807) is 0 Å². The highest BCUT2D eigenvalue weighted by atomic mass is 35.5. The molecule has 0 spiro atoms. The summed E-state index contributed by atoms with van der Waals surface area (Å²) in [6.45, 7) is 7.16. The van der Waals surface area contributed by atoms with Crippen LogP contribution < -0.4 is 16.2 Å². The van der Waals surface area contributed by atoms with Crippen molar-refractivity contribution in [3.8, 4) is 0 Å². The molecular weight excluding hydrogens is 481 g/mol. The van der Waals surface area contributed by atoms with Crippen molar-refractivity contribution in [1.29, 1.82) is 0 Å². The fourth-order valence-electron chi connectivity index (χ4n) is 4.60. The zero-order valence-electron chi connectivity index (χ0n) is 20.2. The molecule has 0 bridgehead atoms. The van der Waals surface area contributed by atoms with Crippen LogP contribution in [0.2, 0.25) is 5.28 Å². The van der Waals surface area contributed by atoms with Crippen LogP contribution in [0.1, 0.15) is 46.0 Å². The number of hydrogen-bond donors (Lipinski definition) is 4. The monoisotopic (exact) mass is 515 g/mol. The van der Waals surface area contributed by atoms with E-state index in [0.29, 0.717) is 37.2 Å². The van der Waals surface area contributed by atoms with Gasteiger partial charge >= 0.3 is 0 Å². The average Bonchev–Trinajstić information content (AvgIpc) is 3.36. The lowest BCUT2D eigenvalue weighted by Crippen LogP contribution is -2.53. The topological polar surface area (TPSA) is 132 Å². The molecule has 35 heavy (non-hydrogen) atoms. The number of hydroxylamine groups is 2. The third kappa shape index (κ3) is 7.86. The van der Waals surface area contributed by atoms with Gasteiger partial charge in [-0.1, -0.05) is 25.7 Å². The summed E-state index contributed by atoms with van der Waals surface area (Å²) in [5, 5.41) is 12.9. The van der Waals surface area contributed by atoms with Crippen molar-refractivity contribution in [2.75, 3.05) is 50.1 Å². The standard InChI is InChI=1S/C22H35ClFN7O4/c1-22(2,30-7-9-35-10-8-30)13-25-18-17(24)19(27-21(23)26-18)28-29-20(33)16(12-31(34)14-32)11-15-5-3-4-6-15/h14-16,34H,3-13H2,1-2H3,(H,29,33)(H2,25,26,27,28)/t16-/m1/s1. The Balaban J connectivity index is 1.63. The smallest absolute Gasteiger partial charge is 0.243 e. The molecule has 13 heteroatoms. The molecule has 1 aromatic rings. The fraction of sp³-hybridized carbons (Fsp3) is 0.727. The number of nitrogens with one attached hydrogen (secondary N) is 3. The molecule has 2 amide bonds. The minimum Gasteiger partial charge on any atom is -0.379 e. The Labute approximate surface area is 209 Å². The summed E-state index contributed by atoms with van der Waals surface area (Å²) in [4.78, 5) is 33.7. The first kappa shape index (κ1) is 27.3. The van der Waals surface area contributed by atoms with Gasteiger partial charge in [0.2, 0.25) is 23.4 Å². The average molecular weight is 516 g/mol. The van der Waals surface area contributed by atoms with Gasteiger partial charge in [-0.2, -0.15) is 14.4 Å². The number of halogens is 2. The first-order chi connectivity index (χ1) is 16.7. The van der Waals surface area contributed by atoms with Crippen molar-refractivity contribution in [1.82, 2.24) is 25.4 Å². The number of hydrogen-bond acceptors (Lipinski definition) is 9. The number of aromatic nitrogens is 2. The number of morpholine rings is 1. The SMILES string of the molecule is CC(C)(CNc1nc(Cl)nc(NNC(=O)[C@H](CC2CCCC2)CN(O)C=O)c1F)N1CCOCC1. The summed E-state index contributed by atoms with van der Waals surface area (Å²) in [7, 11) is 0. The van der Waals surface area contributed by atoms with E-state index in [-0.39, 0.29) is 35.4 Å². The van der Waals surface area contributed by atoms with Crippen LogP contribution in [-0.2, 0) is 14.3 Å². The van der Waals surface area contributed by atoms with E-state index in [9.17, 15) is 14.8 Å². The van der Waals surface area contributed by atoms with Gasteiger partial charge in [0.25, 0.3) is 0 Å². The third-order valence-electron chi connectivity index (χ3n) is 6.68. The van der Waals surface area contributed by atoms with Crippen molar-refractivity contribution in [2.24, 2.45) is 11.8 Å². The molecule has 1 saturated carbocycles. The van der Waals surface area contributed by atoms with E-state index in [1.807, 2.05) is 13.8 Å². The fourth-order valence-corrected chi connectivity index (χ4v) is 4.77. The molecule has 2 heterocycles. The Bertz CT molecular complexity index is 866. The second kappa shape index (κ2) is 12.6. The lowest BCUT2D eigenvalue weighted by Gasteiger charge is -2.41. The Hall–Kier alpha value is -2.28. The van der Waals surface area contributed by atoms with Gasteiger partial charge in [-0.15, -0.1) is 0 Å². The number of nitrogens with zero attached hydrogens (tertiary/aromatic N) is 4. The molecule has 1 aliphatic carbocycles. The van der Waals surface area contributed by atoms with Gasteiger partial charge < -0.3 is 10.1 Å². The second-order valence-corrected chi connectivity index (χ2v) is 10.0. The van der Waals surface area contributed by atoms with Crippen molar-refractivity contribution in [3.05, 3.63) is 11.1 Å². The predicted molar refractivity (Wildman–Crippen MR) is 128 cm³/mol. The Morgan fingerprint density at radius 2 is 1.97 bits per heavy atom. The maximum Gasteiger partial charge on any atom is 0.243 e. The van der Waals surface area contributed by atoms with Gasteiger partial charge in [-0.3, -0.25) is 30.5 Å². The molecule has 1 aromatic heterocycles. The molecule has 2 aliphatic rings. The van der Waals surface area contributed by atoms with Gasteiger partial charge in [-0.05, 0) is 37.8 Å². The molecular formula is C22H35ClFN7O4. The van der Waals surface area contributed by atoms with Crippen LogP contribution in [0.5, 0.6) is 0 Å². The molecule has 4 N–H and O–H groups in total. The van der Waals surface area contributed by atoms with Crippen LogP contribution in [0.4, 0.5) is 16.0 Å². The summed E-state index contributed by atoms with van der Waals surface area (Å²) in [5.41, 5.74) is 4.63. The number of anilines is 2. The highest BCUT2D eigenvalue weighted by molar-refractivity contribution is 6.28. The van der Waals surface area contributed by atoms with E-state index in [0.717, 1.165) is 38.8 Å². The van der Waals surface area contributed by atoms with Gasteiger partial charge in [-0.25, -0.2) is 5.06 Å². The van der Waals surface area contributed by atoms with Crippen LogP contribution in [0.25, 0.3) is 0 Å². The van der Waals surface area contributed by atoms with E-state index < -0.39 is 17.6 Å². The number of carbonyl (C=O) groups is 2. The van der Waals surface area contributed by atoms with Crippen molar-refractivity contribution in [2.45, 2.75) is 51.5 Å². The summed E-state index contributed by atoms with van der Waals surface area (Å²) in [6.07, 6.45) is 4.94. The lowest BCUT2D eigenvalue weighted by molar-refractivity contribution is -0.154. The molecule has 0 unspecified atom stereocenters. The summed E-state index contributed by atoms with van der Waals surface area (Å²) >= 11 is 6.01. The molecule has 2 fully saturated rings. The summed E-state index contributed by atoms with van der Waals surface area (Å²) in [5.74, 6) is -2.00. The van der Waals surface area contributed by atoms with E-state index in [2.05, 4.69) is 31.0 Å². The van der Waals surface area contributed by atoms with Crippen LogP contribution in [0.15, 0.2) is 0 Å². The number of rotatable bonds is 12. The normalized spacial score (nSPS) is 18.2. The van der Waals surface area contributed by atoms with E-state index in [4.69, 9.17) is 16.3 Å². The van der Waals surface area contributed by atoms with Gasteiger partial charge in [0, 0.05) is 25.2 Å². The molecule has 1 aliphatic heterocycles. The van der Waals surface area contributed by atoms with Crippen molar-refractivity contribution >= 4 is 35.6 Å². The maximum atomic E-state index is 15.1. The quantitative estimate of drug-likeness (QED) is 0.143. The minimum atomic E-state index is -0.795. The minimum absolute atomic E-state index is 0.0897. The van der Waals surface area contributed by atoms with Gasteiger partial charge in [0.15, 0.2) is 11.6 Å². The molecule has 11 nitrogen and oxygen atoms in total. The Kier molecular flexibility index (Phi) is 9.84. The van der Waals surface area contributed by atoms with Crippen LogP contribution in [-0.4, -0.2) is 82.4 Å². The van der Waals surface area contributed by atoms with Crippen LogP contribution in [0, 0.1) is 17.7 Å². The number of hydrazine groups is 1. The molecule has 3 rings (SSSR count). The number of amides is 2. The molecule has 1 atom stereocenters. The highest BCUT2D eigenvalue weighted by Crippen LogP contribution is 2.31. The first-order valence-corrected chi connectivity index (χ1v) is 12.3. The zero-order valence-corrected chi connectivity index (χ0v) is 21.0.